The minimum atomic E-state index is 0.577. The summed E-state index contributed by atoms with van der Waals surface area (Å²) < 4.78 is 0. The Balaban J connectivity index is 1.90. The predicted octanol–water partition coefficient (Wildman–Crippen LogP) is 5.47. The lowest BCUT2D eigenvalue weighted by Crippen LogP contribution is -1.96. The molecule has 114 valence electrons. The Hall–Kier alpha value is -2.30. The van der Waals surface area contributed by atoms with Gasteiger partial charge in [0.2, 0.25) is 0 Å². The first-order chi connectivity index (χ1) is 11.1. The minimum absolute atomic E-state index is 0.577. The van der Waals surface area contributed by atoms with Gasteiger partial charge in [-0.3, -0.25) is 0 Å². The van der Waals surface area contributed by atoms with Gasteiger partial charge < -0.3 is 10.3 Å². The second-order valence-electron chi connectivity index (χ2n) is 5.37. The van der Waals surface area contributed by atoms with E-state index in [0.29, 0.717) is 21.6 Å². The van der Waals surface area contributed by atoms with Crippen molar-refractivity contribution >= 4 is 56.6 Å². The Morgan fingerprint density at radius 3 is 2.78 bits per heavy atom. The largest absolute Gasteiger partial charge is 0.350 e. The average molecular weight is 343 g/mol. The molecule has 0 aliphatic carbocycles. The van der Waals surface area contributed by atoms with Gasteiger partial charge in [-0.15, -0.1) is 0 Å². The van der Waals surface area contributed by atoms with Gasteiger partial charge in [-0.1, -0.05) is 34.8 Å². The van der Waals surface area contributed by atoms with Crippen LogP contribution in [0.25, 0.3) is 21.9 Å². The smallest absolute Gasteiger partial charge is 0.158 e. The van der Waals surface area contributed by atoms with Gasteiger partial charge in [0, 0.05) is 15.9 Å². The number of nitrogens with zero attached hydrogens (tertiary/aromatic N) is 2. The standard InChI is InChI=1S/C17H12Cl2N4/c1-9-2-5-13-11(6-9)15-16(22-13)17(21-8-20-15)23-14-7-10(18)3-4-12(14)19/h2-8,22H,1H3,(H,20,21,23). The number of aryl methyl sites for hydroxylation is 1. The molecule has 0 saturated heterocycles. The maximum absolute atomic E-state index is 6.22. The molecule has 0 aliphatic rings. The van der Waals surface area contributed by atoms with Crippen LogP contribution in [0.3, 0.4) is 0 Å². The minimum Gasteiger partial charge on any atom is -0.350 e. The van der Waals surface area contributed by atoms with E-state index in [1.165, 1.54) is 5.56 Å². The highest BCUT2D eigenvalue weighted by Crippen LogP contribution is 2.32. The summed E-state index contributed by atoms with van der Waals surface area (Å²) in [5.41, 5.74) is 4.62. The number of H-pyrrole nitrogens is 1. The quantitative estimate of drug-likeness (QED) is 0.507. The highest BCUT2D eigenvalue weighted by molar-refractivity contribution is 6.35. The molecule has 0 radical (unpaired) electrons. The van der Waals surface area contributed by atoms with Gasteiger partial charge >= 0.3 is 0 Å². The molecule has 0 spiro atoms. The Morgan fingerprint density at radius 2 is 1.91 bits per heavy atom. The summed E-state index contributed by atoms with van der Waals surface area (Å²) in [6.07, 6.45) is 1.54. The van der Waals surface area contributed by atoms with Gasteiger partial charge in [-0.2, -0.15) is 0 Å². The Labute approximate surface area is 142 Å². The van der Waals surface area contributed by atoms with E-state index in [2.05, 4.69) is 39.3 Å². The second-order valence-corrected chi connectivity index (χ2v) is 6.21. The van der Waals surface area contributed by atoms with Crippen molar-refractivity contribution in [2.75, 3.05) is 5.32 Å². The van der Waals surface area contributed by atoms with Crippen molar-refractivity contribution in [2.45, 2.75) is 6.92 Å². The topological polar surface area (TPSA) is 53.6 Å². The lowest BCUT2D eigenvalue weighted by atomic mass is 10.1. The zero-order valence-electron chi connectivity index (χ0n) is 12.2. The van der Waals surface area contributed by atoms with Crippen LogP contribution in [0.1, 0.15) is 5.56 Å². The van der Waals surface area contributed by atoms with Crippen LogP contribution in [0, 0.1) is 6.92 Å². The van der Waals surface area contributed by atoms with Gasteiger partial charge in [-0.05, 0) is 37.3 Å². The molecule has 2 N–H and O–H groups in total. The third-order valence-electron chi connectivity index (χ3n) is 3.72. The van der Waals surface area contributed by atoms with Crippen LogP contribution in [-0.2, 0) is 0 Å². The SMILES string of the molecule is Cc1ccc2[nH]c3c(Nc4cc(Cl)ccc4Cl)ncnc3c2c1. The van der Waals surface area contributed by atoms with E-state index in [9.17, 15) is 0 Å². The van der Waals surface area contributed by atoms with Gasteiger partial charge in [0.05, 0.1) is 10.7 Å². The predicted molar refractivity (Wildman–Crippen MR) is 95.9 cm³/mol. The molecule has 0 bridgehead atoms. The van der Waals surface area contributed by atoms with Crippen LogP contribution in [0.15, 0.2) is 42.7 Å². The number of nitrogens with one attached hydrogen (secondary N) is 2. The molecular weight excluding hydrogens is 331 g/mol. The summed E-state index contributed by atoms with van der Waals surface area (Å²) >= 11 is 12.3. The fourth-order valence-electron chi connectivity index (χ4n) is 2.62. The highest BCUT2D eigenvalue weighted by Gasteiger charge is 2.12. The second kappa shape index (κ2) is 5.41. The van der Waals surface area contributed by atoms with E-state index < -0.39 is 0 Å². The average Bonchev–Trinajstić information content (AvgIpc) is 2.90. The van der Waals surface area contributed by atoms with E-state index in [1.54, 1.807) is 24.5 Å². The van der Waals surface area contributed by atoms with Gasteiger partial charge in [-0.25, -0.2) is 9.97 Å². The first kappa shape index (κ1) is 14.3. The fourth-order valence-corrected chi connectivity index (χ4v) is 2.96. The van der Waals surface area contributed by atoms with Crippen LogP contribution in [0.4, 0.5) is 11.5 Å². The molecule has 0 atom stereocenters. The molecule has 2 aromatic heterocycles. The maximum Gasteiger partial charge on any atom is 0.158 e. The molecule has 23 heavy (non-hydrogen) atoms. The van der Waals surface area contributed by atoms with Gasteiger partial charge in [0.25, 0.3) is 0 Å². The number of anilines is 2. The van der Waals surface area contributed by atoms with Gasteiger partial charge in [0.15, 0.2) is 5.82 Å². The molecule has 2 aromatic carbocycles. The van der Waals surface area contributed by atoms with Crippen LogP contribution in [0.2, 0.25) is 10.0 Å². The number of aromatic nitrogens is 3. The van der Waals surface area contributed by atoms with E-state index in [0.717, 1.165) is 21.9 Å². The molecule has 0 unspecified atom stereocenters. The number of hydrogen-bond acceptors (Lipinski definition) is 3. The van der Waals surface area contributed by atoms with Crippen molar-refractivity contribution in [3.05, 3.63) is 58.3 Å². The molecule has 0 aliphatic heterocycles. The van der Waals surface area contributed by atoms with E-state index in [-0.39, 0.29) is 0 Å². The summed E-state index contributed by atoms with van der Waals surface area (Å²) in [5.74, 6) is 0.660. The molecule has 6 heteroatoms. The molecule has 0 amide bonds. The maximum atomic E-state index is 6.22. The molecule has 4 aromatic rings. The zero-order valence-corrected chi connectivity index (χ0v) is 13.7. The number of fused-ring (bicyclic) bond motifs is 3. The monoisotopic (exact) mass is 342 g/mol. The van der Waals surface area contributed by atoms with Crippen LogP contribution < -0.4 is 5.32 Å². The lowest BCUT2D eigenvalue weighted by molar-refractivity contribution is 1.22. The number of hydrogen-bond donors (Lipinski definition) is 2. The Bertz CT molecular complexity index is 1040. The third-order valence-corrected chi connectivity index (χ3v) is 4.28. The van der Waals surface area contributed by atoms with E-state index in [1.807, 2.05) is 6.07 Å². The van der Waals surface area contributed by atoms with Crippen molar-refractivity contribution in [1.29, 1.82) is 0 Å². The summed E-state index contributed by atoms with van der Waals surface area (Å²) in [6, 6.07) is 11.5. The normalized spacial score (nSPS) is 11.3. The van der Waals surface area contributed by atoms with E-state index in [4.69, 9.17) is 23.2 Å². The van der Waals surface area contributed by atoms with Crippen molar-refractivity contribution in [1.82, 2.24) is 15.0 Å². The highest BCUT2D eigenvalue weighted by atomic mass is 35.5. The summed E-state index contributed by atoms with van der Waals surface area (Å²) in [5, 5.41) is 5.49. The number of halogens is 2. The zero-order chi connectivity index (χ0) is 16.0. The number of benzene rings is 2. The first-order valence-corrected chi connectivity index (χ1v) is 7.82. The summed E-state index contributed by atoms with van der Waals surface area (Å²) in [7, 11) is 0. The lowest BCUT2D eigenvalue weighted by Gasteiger charge is -2.08. The molecule has 4 nitrogen and oxygen atoms in total. The number of rotatable bonds is 2. The van der Waals surface area contributed by atoms with Crippen molar-refractivity contribution in [2.24, 2.45) is 0 Å². The van der Waals surface area contributed by atoms with Crippen LogP contribution in [0.5, 0.6) is 0 Å². The number of aromatic amines is 1. The Kier molecular flexibility index (Phi) is 3.36. The summed E-state index contributed by atoms with van der Waals surface area (Å²) in [6.45, 7) is 2.06. The molecule has 2 heterocycles. The van der Waals surface area contributed by atoms with Crippen LogP contribution >= 0.6 is 23.2 Å². The first-order valence-electron chi connectivity index (χ1n) is 7.07. The van der Waals surface area contributed by atoms with E-state index >= 15 is 0 Å². The van der Waals surface area contributed by atoms with Crippen molar-refractivity contribution in [3.63, 3.8) is 0 Å². The van der Waals surface area contributed by atoms with Gasteiger partial charge in [0.1, 0.15) is 17.4 Å². The molecule has 0 fully saturated rings. The van der Waals surface area contributed by atoms with Crippen molar-refractivity contribution in [3.8, 4) is 0 Å². The van der Waals surface area contributed by atoms with Crippen LogP contribution in [-0.4, -0.2) is 15.0 Å². The molecular formula is C17H12Cl2N4. The van der Waals surface area contributed by atoms with Crippen molar-refractivity contribution < 1.29 is 0 Å². The Morgan fingerprint density at radius 1 is 1.04 bits per heavy atom. The molecule has 4 rings (SSSR count). The third kappa shape index (κ3) is 2.50. The fraction of sp³-hybridized carbons (Fsp3) is 0.0588. The molecule has 0 saturated carbocycles. The summed E-state index contributed by atoms with van der Waals surface area (Å²) in [4.78, 5) is 12.1.